The minimum atomic E-state index is 0.165. The highest BCUT2D eigenvalue weighted by Crippen LogP contribution is 2.39. The van der Waals surface area contributed by atoms with Gasteiger partial charge in [-0.1, -0.05) is 11.6 Å². The van der Waals surface area contributed by atoms with E-state index in [4.69, 9.17) is 16.3 Å². The highest BCUT2D eigenvalue weighted by Gasteiger charge is 2.32. The van der Waals surface area contributed by atoms with Crippen LogP contribution in [0, 0.1) is 6.92 Å². The van der Waals surface area contributed by atoms with Crippen LogP contribution >= 0.6 is 11.6 Å². The number of aromatic nitrogens is 4. The highest BCUT2D eigenvalue weighted by atomic mass is 35.5. The molecule has 0 unspecified atom stereocenters. The SMILES string of the molecule is COc1ccnc(N2CCC[C@@H]2c2c(C)nn(C)c2Cl)n1. The van der Waals surface area contributed by atoms with Crippen molar-refractivity contribution in [3.8, 4) is 5.88 Å². The van der Waals surface area contributed by atoms with Gasteiger partial charge in [-0.3, -0.25) is 4.68 Å². The molecule has 2 aromatic rings. The third kappa shape index (κ3) is 2.44. The Hall–Kier alpha value is -1.82. The molecular formula is C14H18ClN5O. The lowest BCUT2D eigenvalue weighted by atomic mass is 10.1. The second kappa shape index (κ2) is 5.52. The van der Waals surface area contributed by atoms with Gasteiger partial charge in [-0.05, 0) is 19.8 Å². The summed E-state index contributed by atoms with van der Waals surface area (Å²) in [5, 5.41) is 5.10. The fourth-order valence-electron chi connectivity index (χ4n) is 2.92. The fourth-order valence-corrected chi connectivity index (χ4v) is 3.22. The molecule has 6 nitrogen and oxygen atoms in total. The van der Waals surface area contributed by atoms with Gasteiger partial charge in [0.15, 0.2) is 0 Å². The molecule has 0 bridgehead atoms. The largest absolute Gasteiger partial charge is 0.481 e. The highest BCUT2D eigenvalue weighted by molar-refractivity contribution is 6.30. The summed E-state index contributed by atoms with van der Waals surface area (Å²) >= 11 is 6.41. The van der Waals surface area contributed by atoms with E-state index in [0.29, 0.717) is 17.0 Å². The lowest BCUT2D eigenvalue weighted by molar-refractivity contribution is 0.396. The maximum atomic E-state index is 6.41. The molecular weight excluding hydrogens is 290 g/mol. The molecule has 1 atom stereocenters. The smallest absolute Gasteiger partial charge is 0.229 e. The van der Waals surface area contributed by atoms with Crippen molar-refractivity contribution in [2.75, 3.05) is 18.6 Å². The van der Waals surface area contributed by atoms with Crippen LogP contribution in [0.3, 0.4) is 0 Å². The van der Waals surface area contributed by atoms with Gasteiger partial charge in [0.2, 0.25) is 11.8 Å². The summed E-state index contributed by atoms with van der Waals surface area (Å²) in [5.41, 5.74) is 2.03. The maximum Gasteiger partial charge on any atom is 0.229 e. The van der Waals surface area contributed by atoms with E-state index in [1.54, 1.807) is 24.1 Å². The third-order valence-corrected chi connectivity index (χ3v) is 4.31. The van der Waals surface area contributed by atoms with Gasteiger partial charge >= 0.3 is 0 Å². The van der Waals surface area contributed by atoms with Gasteiger partial charge < -0.3 is 9.64 Å². The number of aryl methyl sites for hydroxylation is 2. The zero-order chi connectivity index (χ0) is 15.0. The van der Waals surface area contributed by atoms with E-state index in [1.165, 1.54) is 0 Å². The molecule has 0 N–H and O–H groups in total. The molecule has 0 saturated carbocycles. The number of ether oxygens (including phenoxy) is 1. The lowest BCUT2D eigenvalue weighted by Gasteiger charge is -2.24. The van der Waals surface area contributed by atoms with Crippen LogP contribution in [-0.2, 0) is 7.05 Å². The molecule has 0 spiro atoms. The van der Waals surface area contributed by atoms with E-state index >= 15 is 0 Å². The maximum absolute atomic E-state index is 6.41. The molecule has 1 aliphatic heterocycles. The monoisotopic (exact) mass is 307 g/mol. The average Bonchev–Trinajstić information content (AvgIpc) is 3.04. The number of nitrogens with zero attached hydrogens (tertiary/aromatic N) is 5. The van der Waals surface area contributed by atoms with Crippen molar-refractivity contribution in [1.82, 2.24) is 19.7 Å². The summed E-state index contributed by atoms with van der Waals surface area (Å²) in [7, 11) is 3.47. The number of anilines is 1. The molecule has 1 aliphatic rings. The van der Waals surface area contributed by atoms with E-state index < -0.39 is 0 Å². The molecule has 1 fully saturated rings. The van der Waals surface area contributed by atoms with Crippen LogP contribution in [-0.4, -0.2) is 33.4 Å². The summed E-state index contributed by atoms with van der Waals surface area (Å²) in [6.45, 7) is 2.90. The van der Waals surface area contributed by atoms with Crippen molar-refractivity contribution < 1.29 is 4.74 Å². The molecule has 0 amide bonds. The first kappa shape index (κ1) is 14.1. The molecule has 0 aliphatic carbocycles. The van der Waals surface area contributed by atoms with Crippen LogP contribution in [0.2, 0.25) is 5.15 Å². The second-order valence-corrected chi connectivity index (χ2v) is 5.52. The van der Waals surface area contributed by atoms with Gasteiger partial charge in [0.1, 0.15) is 5.15 Å². The van der Waals surface area contributed by atoms with Crippen LogP contribution in [0.5, 0.6) is 5.88 Å². The predicted octanol–water partition coefficient (Wildman–Crippen LogP) is 2.52. The first-order valence-electron chi connectivity index (χ1n) is 6.94. The van der Waals surface area contributed by atoms with Gasteiger partial charge in [0.05, 0.1) is 18.8 Å². The van der Waals surface area contributed by atoms with Crippen molar-refractivity contribution >= 4 is 17.5 Å². The quantitative estimate of drug-likeness (QED) is 0.872. The van der Waals surface area contributed by atoms with Gasteiger partial charge in [-0.25, -0.2) is 4.98 Å². The number of halogens is 1. The predicted molar refractivity (Wildman–Crippen MR) is 80.9 cm³/mol. The summed E-state index contributed by atoms with van der Waals surface area (Å²) in [6, 6.07) is 1.91. The molecule has 0 radical (unpaired) electrons. The Bertz CT molecular complexity index is 657. The van der Waals surface area contributed by atoms with Crippen LogP contribution in [0.4, 0.5) is 5.95 Å². The molecule has 7 heteroatoms. The Morgan fingerprint density at radius 3 is 2.90 bits per heavy atom. The summed E-state index contributed by atoms with van der Waals surface area (Å²) in [5.74, 6) is 1.25. The molecule has 2 aromatic heterocycles. The van der Waals surface area contributed by atoms with Crippen LogP contribution in [0.1, 0.15) is 30.1 Å². The van der Waals surface area contributed by atoms with Crippen LogP contribution in [0.25, 0.3) is 0 Å². The minimum absolute atomic E-state index is 0.165. The van der Waals surface area contributed by atoms with Crippen molar-refractivity contribution in [3.05, 3.63) is 28.7 Å². The van der Waals surface area contributed by atoms with Crippen molar-refractivity contribution in [2.24, 2.45) is 7.05 Å². The minimum Gasteiger partial charge on any atom is -0.481 e. The fraction of sp³-hybridized carbons (Fsp3) is 0.500. The Labute approximate surface area is 128 Å². The van der Waals surface area contributed by atoms with Crippen molar-refractivity contribution in [3.63, 3.8) is 0 Å². The summed E-state index contributed by atoms with van der Waals surface area (Å²) in [4.78, 5) is 11.0. The standard InChI is InChI=1S/C14H18ClN5O/c1-9-12(13(15)19(2)18-9)10-5-4-8-20(10)14-16-7-6-11(17-14)21-3/h6-7,10H,4-5,8H2,1-3H3/t10-/m1/s1. The van der Waals surface area contributed by atoms with Gasteiger partial charge in [-0.15, -0.1) is 0 Å². The van der Waals surface area contributed by atoms with E-state index in [1.807, 2.05) is 14.0 Å². The third-order valence-electron chi connectivity index (χ3n) is 3.87. The first-order chi connectivity index (χ1) is 10.1. The normalized spacial score (nSPS) is 18.3. The van der Waals surface area contributed by atoms with E-state index in [2.05, 4.69) is 20.0 Å². The van der Waals surface area contributed by atoms with Crippen LogP contribution < -0.4 is 9.64 Å². The van der Waals surface area contributed by atoms with E-state index in [0.717, 1.165) is 30.6 Å². The molecule has 112 valence electrons. The molecule has 1 saturated heterocycles. The van der Waals surface area contributed by atoms with Gasteiger partial charge in [0.25, 0.3) is 0 Å². The molecule has 3 heterocycles. The van der Waals surface area contributed by atoms with E-state index in [-0.39, 0.29) is 6.04 Å². The Balaban J connectivity index is 1.99. The summed E-state index contributed by atoms with van der Waals surface area (Å²) in [6.07, 6.45) is 3.82. The zero-order valence-corrected chi connectivity index (χ0v) is 13.1. The Morgan fingerprint density at radius 1 is 1.43 bits per heavy atom. The number of rotatable bonds is 3. The zero-order valence-electron chi connectivity index (χ0n) is 12.4. The molecule has 0 aromatic carbocycles. The molecule has 3 rings (SSSR count). The Kier molecular flexibility index (Phi) is 3.71. The summed E-state index contributed by atoms with van der Waals surface area (Å²) < 4.78 is 6.90. The average molecular weight is 308 g/mol. The number of hydrogen-bond donors (Lipinski definition) is 0. The Morgan fingerprint density at radius 2 is 2.24 bits per heavy atom. The van der Waals surface area contributed by atoms with Crippen molar-refractivity contribution in [1.29, 1.82) is 0 Å². The lowest BCUT2D eigenvalue weighted by Crippen LogP contribution is -2.25. The van der Waals surface area contributed by atoms with Gasteiger partial charge in [-0.2, -0.15) is 10.1 Å². The molecule has 21 heavy (non-hydrogen) atoms. The first-order valence-corrected chi connectivity index (χ1v) is 7.32. The topological polar surface area (TPSA) is 56.1 Å². The number of methoxy groups -OCH3 is 1. The van der Waals surface area contributed by atoms with Gasteiger partial charge in [0, 0.05) is 31.4 Å². The van der Waals surface area contributed by atoms with E-state index in [9.17, 15) is 0 Å². The van der Waals surface area contributed by atoms with Crippen molar-refractivity contribution in [2.45, 2.75) is 25.8 Å². The van der Waals surface area contributed by atoms with Crippen LogP contribution in [0.15, 0.2) is 12.3 Å². The number of hydrogen-bond acceptors (Lipinski definition) is 5. The second-order valence-electron chi connectivity index (χ2n) is 5.16.